The van der Waals surface area contributed by atoms with E-state index in [1.165, 1.54) is 6.07 Å². The second kappa shape index (κ2) is 5.06. The number of nitrogens with zero attached hydrogens (tertiary/aromatic N) is 2. The van der Waals surface area contributed by atoms with Crippen molar-refractivity contribution >= 4 is 17.6 Å². The number of nitrogens with two attached hydrogens (primary N) is 1. The Labute approximate surface area is 86.5 Å². The lowest BCUT2D eigenvalue weighted by atomic mass is 10.2. The summed E-state index contributed by atoms with van der Waals surface area (Å²) in [5, 5.41) is 10.6. The van der Waals surface area contributed by atoms with Crippen LogP contribution in [-0.2, 0) is 4.74 Å². The molecule has 0 atom stereocenters. The second-order valence-electron chi connectivity index (χ2n) is 2.78. The fourth-order valence-electron chi connectivity index (χ4n) is 1.04. The lowest BCUT2D eigenvalue weighted by Crippen LogP contribution is -1.96. The summed E-state index contributed by atoms with van der Waals surface area (Å²) in [6.45, 7) is 0.388. The first-order valence-electron chi connectivity index (χ1n) is 4.20. The normalized spacial score (nSPS) is 10.7. The van der Waals surface area contributed by atoms with Crippen molar-refractivity contribution in [3.63, 3.8) is 0 Å². The standard InChI is InChI=1S/C9H11N3O3/c1-15-4-2-3-7-5-9(10)11-6-8(7)12(13)14/h2-3,5-6H,4H2,1H3,(H2,10,11). The molecule has 0 radical (unpaired) electrons. The van der Waals surface area contributed by atoms with Gasteiger partial charge in [0.25, 0.3) is 5.69 Å². The number of nitro groups is 1. The Morgan fingerprint density at radius 2 is 2.47 bits per heavy atom. The molecule has 80 valence electrons. The molecule has 0 saturated heterocycles. The molecular weight excluding hydrogens is 198 g/mol. The average molecular weight is 209 g/mol. The van der Waals surface area contributed by atoms with Gasteiger partial charge in [0, 0.05) is 7.11 Å². The monoisotopic (exact) mass is 209 g/mol. The molecule has 0 aliphatic rings. The third kappa shape index (κ3) is 3.03. The SMILES string of the molecule is COCC=Cc1cc(N)ncc1[N+](=O)[O-]. The van der Waals surface area contributed by atoms with Crippen LogP contribution in [0.2, 0.25) is 0 Å². The number of anilines is 1. The molecule has 1 heterocycles. The van der Waals surface area contributed by atoms with E-state index in [0.717, 1.165) is 6.20 Å². The molecule has 6 heteroatoms. The van der Waals surface area contributed by atoms with E-state index in [-0.39, 0.29) is 11.5 Å². The first-order chi connectivity index (χ1) is 7.15. The molecule has 1 rings (SSSR count). The van der Waals surface area contributed by atoms with Gasteiger partial charge in [-0.3, -0.25) is 10.1 Å². The second-order valence-corrected chi connectivity index (χ2v) is 2.78. The van der Waals surface area contributed by atoms with Crippen LogP contribution >= 0.6 is 0 Å². The lowest BCUT2D eigenvalue weighted by molar-refractivity contribution is -0.385. The van der Waals surface area contributed by atoms with E-state index in [1.54, 1.807) is 19.3 Å². The summed E-state index contributed by atoms with van der Waals surface area (Å²) in [6.07, 6.45) is 4.39. The topological polar surface area (TPSA) is 91.3 Å². The Morgan fingerprint density at radius 1 is 1.73 bits per heavy atom. The summed E-state index contributed by atoms with van der Waals surface area (Å²) in [6, 6.07) is 1.45. The summed E-state index contributed by atoms with van der Waals surface area (Å²) < 4.78 is 4.79. The van der Waals surface area contributed by atoms with Crippen LogP contribution in [0.5, 0.6) is 0 Å². The van der Waals surface area contributed by atoms with E-state index in [4.69, 9.17) is 10.5 Å². The van der Waals surface area contributed by atoms with Crippen molar-refractivity contribution < 1.29 is 9.66 Å². The maximum absolute atomic E-state index is 10.6. The first-order valence-corrected chi connectivity index (χ1v) is 4.20. The summed E-state index contributed by atoms with van der Waals surface area (Å²) in [7, 11) is 1.54. The van der Waals surface area contributed by atoms with Crippen LogP contribution in [0.3, 0.4) is 0 Å². The number of methoxy groups -OCH3 is 1. The minimum Gasteiger partial charge on any atom is -0.384 e. The number of hydrogen-bond donors (Lipinski definition) is 1. The predicted octanol–water partition coefficient (Wildman–Crippen LogP) is 1.23. The Bertz CT molecular complexity index is 390. The summed E-state index contributed by atoms with van der Waals surface area (Å²) >= 11 is 0. The quantitative estimate of drug-likeness (QED) is 0.594. The highest BCUT2D eigenvalue weighted by molar-refractivity contribution is 5.62. The van der Waals surface area contributed by atoms with Crippen molar-refractivity contribution in [2.75, 3.05) is 19.5 Å². The Hall–Kier alpha value is -1.95. The largest absolute Gasteiger partial charge is 0.384 e. The third-order valence-electron chi connectivity index (χ3n) is 1.69. The highest BCUT2D eigenvalue weighted by Gasteiger charge is 2.11. The van der Waals surface area contributed by atoms with Gasteiger partial charge in [0.1, 0.15) is 12.0 Å². The van der Waals surface area contributed by atoms with Crippen LogP contribution in [0.25, 0.3) is 6.08 Å². The fourth-order valence-corrected chi connectivity index (χ4v) is 1.04. The van der Waals surface area contributed by atoms with E-state index < -0.39 is 4.92 Å². The molecule has 1 aromatic heterocycles. The molecule has 0 aliphatic carbocycles. The maximum Gasteiger partial charge on any atom is 0.294 e. The molecule has 0 aromatic carbocycles. The van der Waals surface area contributed by atoms with Gasteiger partial charge in [0.2, 0.25) is 0 Å². The molecule has 0 saturated carbocycles. The number of nitrogen functional groups attached to an aromatic ring is 1. The van der Waals surface area contributed by atoms with Crippen LogP contribution in [0.1, 0.15) is 5.56 Å². The van der Waals surface area contributed by atoms with E-state index in [9.17, 15) is 10.1 Å². The molecule has 2 N–H and O–H groups in total. The molecule has 0 amide bonds. The Kier molecular flexibility index (Phi) is 3.75. The van der Waals surface area contributed by atoms with E-state index in [0.29, 0.717) is 12.2 Å². The number of ether oxygens (including phenoxy) is 1. The first kappa shape index (κ1) is 11.1. The molecule has 0 aliphatic heterocycles. The summed E-state index contributed by atoms with van der Waals surface area (Å²) in [5.74, 6) is 0.248. The van der Waals surface area contributed by atoms with Gasteiger partial charge in [-0.25, -0.2) is 4.98 Å². The van der Waals surface area contributed by atoms with Crippen molar-refractivity contribution in [2.24, 2.45) is 0 Å². The van der Waals surface area contributed by atoms with Gasteiger partial charge in [0.15, 0.2) is 0 Å². The van der Waals surface area contributed by atoms with Gasteiger partial charge in [-0.2, -0.15) is 0 Å². The van der Waals surface area contributed by atoms with Crippen LogP contribution in [0.4, 0.5) is 11.5 Å². The van der Waals surface area contributed by atoms with Crippen LogP contribution in [-0.4, -0.2) is 23.6 Å². The van der Waals surface area contributed by atoms with E-state index in [2.05, 4.69) is 4.98 Å². The zero-order valence-electron chi connectivity index (χ0n) is 8.21. The zero-order chi connectivity index (χ0) is 11.3. The highest BCUT2D eigenvalue weighted by Crippen LogP contribution is 2.20. The van der Waals surface area contributed by atoms with Gasteiger partial charge in [-0.05, 0) is 12.1 Å². The number of rotatable bonds is 4. The number of hydrogen-bond acceptors (Lipinski definition) is 5. The predicted molar refractivity (Wildman–Crippen MR) is 56.2 cm³/mol. The van der Waals surface area contributed by atoms with Crippen molar-refractivity contribution in [1.82, 2.24) is 4.98 Å². The van der Waals surface area contributed by atoms with Crippen molar-refractivity contribution in [3.8, 4) is 0 Å². The third-order valence-corrected chi connectivity index (χ3v) is 1.69. The smallest absolute Gasteiger partial charge is 0.294 e. The molecule has 1 aromatic rings. The van der Waals surface area contributed by atoms with Crippen molar-refractivity contribution in [1.29, 1.82) is 0 Å². The molecule has 15 heavy (non-hydrogen) atoms. The average Bonchev–Trinajstić information content (AvgIpc) is 2.18. The van der Waals surface area contributed by atoms with E-state index in [1.807, 2.05) is 0 Å². The Balaban J connectivity index is 3.02. The fraction of sp³-hybridized carbons (Fsp3) is 0.222. The minimum absolute atomic E-state index is 0.0726. The molecule has 6 nitrogen and oxygen atoms in total. The molecule has 0 spiro atoms. The van der Waals surface area contributed by atoms with Crippen LogP contribution in [0, 0.1) is 10.1 Å². The van der Waals surface area contributed by atoms with Crippen LogP contribution in [0.15, 0.2) is 18.3 Å². The molecule has 0 fully saturated rings. The van der Waals surface area contributed by atoms with Gasteiger partial charge in [0.05, 0.1) is 17.1 Å². The van der Waals surface area contributed by atoms with Gasteiger partial charge < -0.3 is 10.5 Å². The van der Waals surface area contributed by atoms with Crippen molar-refractivity contribution in [3.05, 3.63) is 34.0 Å². The summed E-state index contributed by atoms with van der Waals surface area (Å²) in [4.78, 5) is 13.8. The highest BCUT2D eigenvalue weighted by atomic mass is 16.6. The summed E-state index contributed by atoms with van der Waals surface area (Å²) in [5.41, 5.74) is 5.78. The van der Waals surface area contributed by atoms with Crippen LogP contribution < -0.4 is 5.73 Å². The van der Waals surface area contributed by atoms with E-state index >= 15 is 0 Å². The van der Waals surface area contributed by atoms with Gasteiger partial charge >= 0.3 is 0 Å². The zero-order valence-corrected chi connectivity index (χ0v) is 8.21. The molecule has 0 unspecified atom stereocenters. The minimum atomic E-state index is -0.501. The van der Waals surface area contributed by atoms with Crippen molar-refractivity contribution in [2.45, 2.75) is 0 Å². The van der Waals surface area contributed by atoms with Gasteiger partial charge in [-0.15, -0.1) is 0 Å². The Morgan fingerprint density at radius 3 is 3.07 bits per heavy atom. The molecule has 0 bridgehead atoms. The molecular formula is C9H11N3O3. The number of pyridine rings is 1. The maximum atomic E-state index is 10.6. The lowest BCUT2D eigenvalue weighted by Gasteiger charge is -1.98. The number of aromatic nitrogens is 1. The van der Waals surface area contributed by atoms with Gasteiger partial charge in [-0.1, -0.05) is 6.08 Å².